The topological polar surface area (TPSA) is 55.8 Å². The van der Waals surface area contributed by atoms with Crippen molar-refractivity contribution in [3.8, 4) is 5.75 Å². The monoisotopic (exact) mass is 343 g/mol. The molecule has 25 heavy (non-hydrogen) atoms. The molecule has 1 amide bonds. The van der Waals surface area contributed by atoms with Gasteiger partial charge in [-0.05, 0) is 62.4 Å². The molecule has 3 rings (SSSR count). The number of likely N-dealkylation sites (tertiary alicyclic amines) is 1. The number of nitrogens with zero attached hydrogens (tertiary/aromatic N) is 1. The molecule has 0 aromatic heterocycles. The van der Waals surface area contributed by atoms with Gasteiger partial charge in [-0.3, -0.25) is 4.79 Å². The molecule has 0 bridgehead atoms. The van der Waals surface area contributed by atoms with Gasteiger partial charge in [-0.15, -0.1) is 0 Å². The van der Waals surface area contributed by atoms with Gasteiger partial charge in [0.15, 0.2) is 6.61 Å². The molecule has 1 fully saturated rings. The van der Waals surface area contributed by atoms with E-state index in [0.717, 1.165) is 42.6 Å². The fraction of sp³-hybridized carbons (Fsp3) is 0.500. The standard InChI is InChI=1S/C20H25NO4/c1-14-4-3-5-15(2)21(14)19(22)13-25-20(23)9-7-16-6-8-18-17(12-16)10-11-24-18/h6-9,12,14-15H,3-5,10-11,13H2,1-2H3/b9-7+. The van der Waals surface area contributed by atoms with Crippen molar-refractivity contribution in [2.24, 2.45) is 0 Å². The van der Waals surface area contributed by atoms with Crippen LogP contribution in [0.1, 0.15) is 44.2 Å². The van der Waals surface area contributed by atoms with Gasteiger partial charge in [0.2, 0.25) is 0 Å². The van der Waals surface area contributed by atoms with Crippen molar-refractivity contribution in [2.75, 3.05) is 13.2 Å². The number of rotatable bonds is 4. The molecule has 5 heteroatoms. The molecule has 1 aromatic carbocycles. The first-order valence-corrected chi connectivity index (χ1v) is 8.96. The summed E-state index contributed by atoms with van der Waals surface area (Å²) in [6, 6.07) is 6.24. The van der Waals surface area contributed by atoms with E-state index in [1.54, 1.807) is 6.08 Å². The summed E-state index contributed by atoms with van der Waals surface area (Å²) >= 11 is 0. The number of benzene rings is 1. The van der Waals surface area contributed by atoms with Gasteiger partial charge >= 0.3 is 5.97 Å². The average Bonchev–Trinajstić information content (AvgIpc) is 3.05. The van der Waals surface area contributed by atoms with Gasteiger partial charge in [-0.1, -0.05) is 6.07 Å². The van der Waals surface area contributed by atoms with Crippen molar-refractivity contribution in [1.82, 2.24) is 4.90 Å². The van der Waals surface area contributed by atoms with Gasteiger partial charge in [-0.25, -0.2) is 4.79 Å². The quantitative estimate of drug-likeness (QED) is 0.623. The van der Waals surface area contributed by atoms with Crippen molar-refractivity contribution in [3.63, 3.8) is 0 Å². The zero-order valence-corrected chi connectivity index (χ0v) is 14.9. The lowest BCUT2D eigenvalue weighted by Crippen LogP contribution is -2.49. The second kappa shape index (κ2) is 7.72. The minimum Gasteiger partial charge on any atom is -0.493 e. The first kappa shape index (κ1) is 17.5. The van der Waals surface area contributed by atoms with Crippen LogP contribution in [-0.4, -0.2) is 42.1 Å². The van der Waals surface area contributed by atoms with Gasteiger partial charge in [0.1, 0.15) is 5.75 Å². The Morgan fingerprint density at radius 1 is 1.28 bits per heavy atom. The van der Waals surface area contributed by atoms with Crippen LogP contribution in [0.2, 0.25) is 0 Å². The molecular weight excluding hydrogens is 318 g/mol. The maximum Gasteiger partial charge on any atom is 0.331 e. The van der Waals surface area contributed by atoms with Crippen LogP contribution < -0.4 is 4.74 Å². The van der Waals surface area contributed by atoms with E-state index in [1.165, 1.54) is 6.08 Å². The summed E-state index contributed by atoms with van der Waals surface area (Å²) < 4.78 is 10.6. The number of piperidine rings is 1. The van der Waals surface area contributed by atoms with Crippen LogP contribution in [0.25, 0.3) is 6.08 Å². The molecule has 0 N–H and O–H groups in total. The molecule has 134 valence electrons. The minimum absolute atomic E-state index is 0.115. The van der Waals surface area contributed by atoms with Gasteiger partial charge < -0.3 is 14.4 Å². The van der Waals surface area contributed by atoms with Crippen molar-refractivity contribution in [3.05, 3.63) is 35.4 Å². The molecule has 0 radical (unpaired) electrons. The lowest BCUT2D eigenvalue weighted by atomic mass is 9.97. The van der Waals surface area contributed by atoms with E-state index in [0.29, 0.717) is 6.61 Å². The molecule has 1 aromatic rings. The van der Waals surface area contributed by atoms with Crippen LogP contribution >= 0.6 is 0 Å². The Labute approximate surface area is 148 Å². The number of hydrogen-bond donors (Lipinski definition) is 0. The summed E-state index contributed by atoms with van der Waals surface area (Å²) in [5.41, 5.74) is 2.07. The van der Waals surface area contributed by atoms with Crippen molar-refractivity contribution in [1.29, 1.82) is 0 Å². The van der Waals surface area contributed by atoms with E-state index in [9.17, 15) is 9.59 Å². The Kier molecular flexibility index (Phi) is 5.41. The average molecular weight is 343 g/mol. The fourth-order valence-corrected chi connectivity index (χ4v) is 3.64. The second-order valence-electron chi connectivity index (χ2n) is 6.84. The molecule has 0 spiro atoms. The third kappa shape index (κ3) is 4.21. The summed E-state index contributed by atoms with van der Waals surface area (Å²) in [5.74, 6) is 0.300. The highest BCUT2D eigenvalue weighted by Gasteiger charge is 2.29. The second-order valence-corrected chi connectivity index (χ2v) is 6.84. The Bertz CT molecular complexity index is 672. The van der Waals surface area contributed by atoms with E-state index >= 15 is 0 Å². The number of carbonyl (C=O) groups excluding carboxylic acids is 2. The molecule has 0 aliphatic carbocycles. The predicted octanol–water partition coefficient (Wildman–Crippen LogP) is 2.97. The van der Waals surface area contributed by atoms with E-state index in [1.807, 2.05) is 36.9 Å². The molecule has 2 heterocycles. The molecule has 1 saturated heterocycles. The fourth-order valence-electron chi connectivity index (χ4n) is 3.64. The van der Waals surface area contributed by atoms with Gasteiger partial charge in [-0.2, -0.15) is 0 Å². The number of esters is 1. The Morgan fingerprint density at radius 2 is 2.04 bits per heavy atom. The number of hydrogen-bond acceptors (Lipinski definition) is 4. The van der Waals surface area contributed by atoms with Crippen molar-refractivity contribution in [2.45, 2.75) is 51.6 Å². The lowest BCUT2D eigenvalue weighted by Gasteiger charge is -2.38. The SMILES string of the molecule is CC1CCCC(C)N1C(=O)COC(=O)/C=C/c1ccc2c(c1)CCO2. The van der Waals surface area contributed by atoms with Crippen LogP contribution in [0.4, 0.5) is 0 Å². The maximum atomic E-state index is 12.3. The molecule has 0 saturated carbocycles. The van der Waals surface area contributed by atoms with E-state index in [2.05, 4.69) is 0 Å². The summed E-state index contributed by atoms with van der Waals surface area (Å²) in [4.78, 5) is 26.1. The highest BCUT2D eigenvalue weighted by molar-refractivity contribution is 5.89. The van der Waals surface area contributed by atoms with Crippen LogP contribution in [-0.2, 0) is 20.7 Å². The number of ether oxygens (including phenoxy) is 2. The van der Waals surface area contributed by atoms with E-state index < -0.39 is 5.97 Å². The molecule has 2 aliphatic rings. The highest BCUT2D eigenvalue weighted by atomic mass is 16.5. The summed E-state index contributed by atoms with van der Waals surface area (Å²) in [5, 5.41) is 0. The molecular formula is C20H25NO4. The Balaban J connectivity index is 1.51. The first-order chi connectivity index (χ1) is 12.0. The smallest absolute Gasteiger partial charge is 0.331 e. The summed E-state index contributed by atoms with van der Waals surface area (Å²) in [6.07, 6.45) is 7.12. The largest absolute Gasteiger partial charge is 0.493 e. The zero-order chi connectivity index (χ0) is 17.8. The van der Waals surface area contributed by atoms with Crippen molar-refractivity contribution < 1.29 is 19.1 Å². The summed E-state index contributed by atoms with van der Waals surface area (Å²) in [6.45, 7) is 4.61. The van der Waals surface area contributed by atoms with Crippen LogP contribution in [0, 0.1) is 0 Å². The third-order valence-corrected chi connectivity index (χ3v) is 4.94. The van der Waals surface area contributed by atoms with Gasteiger partial charge in [0.05, 0.1) is 6.61 Å². The predicted molar refractivity (Wildman–Crippen MR) is 95.3 cm³/mol. The van der Waals surface area contributed by atoms with E-state index in [-0.39, 0.29) is 24.6 Å². The Hall–Kier alpha value is -2.30. The van der Waals surface area contributed by atoms with Crippen molar-refractivity contribution >= 4 is 18.0 Å². The number of carbonyl (C=O) groups is 2. The third-order valence-electron chi connectivity index (χ3n) is 4.94. The summed E-state index contributed by atoms with van der Waals surface area (Å²) in [7, 11) is 0. The van der Waals surface area contributed by atoms with Crippen LogP contribution in [0.5, 0.6) is 5.75 Å². The van der Waals surface area contributed by atoms with Crippen LogP contribution in [0.3, 0.4) is 0 Å². The molecule has 2 aliphatic heterocycles. The zero-order valence-electron chi connectivity index (χ0n) is 14.9. The van der Waals surface area contributed by atoms with Crippen LogP contribution in [0.15, 0.2) is 24.3 Å². The highest BCUT2D eigenvalue weighted by Crippen LogP contribution is 2.26. The van der Waals surface area contributed by atoms with E-state index in [4.69, 9.17) is 9.47 Å². The maximum absolute atomic E-state index is 12.3. The molecule has 2 atom stereocenters. The molecule has 5 nitrogen and oxygen atoms in total. The number of fused-ring (bicyclic) bond motifs is 1. The molecule has 2 unspecified atom stereocenters. The normalized spacial score (nSPS) is 22.6. The Morgan fingerprint density at radius 3 is 2.80 bits per heavy atom. The first-order valence-electron chi connectivity index (χ1n) is 8.96. The number of amides is 1. The lowest BCUT2D eigenvalue weighted by molar-refractivity contribution is -0.151. The van der Waals surface area contributed by atoms with Gasteiger partial charge in [0.25, 0.3) is 5.91 Å². The minimum atomic E-state index is -0.498. The van der Waals surface area contributed by atoms with Gasteiger partial charge in [0, 0.05) is 24.6 Å².